The minimum Gasteiger partial charge on any atom is -0.506 e. The van der Waals surface area contributed by atoms with Gasteiger partial charge in [-0.2, -0.15) is 5.11 Å². The van der Waals surface area contributed by atoms with Gasteiger partial charge in [0.2, 0.25) is 0 Å². The standard InChI is InChI=1S/C23H18N4O3.C20H16N2O5S/c1-30-22-9-5-4-8-18(22)25-24-16-11-13-20(28)19(14-16)26-27-23-17-7-3-2-6-15(17)10-12-21(23)29;23-16-10-9-12-5-1-2-6-13(12)19(16)21-22-20-15-8-4-3-7-14(15)18(11-17(20)24)28(25,26)27/h2-14,28-29H,1H3;1-11,23-27H. The summed E-state index contributed by atoms with van der Waals surface area (Å²) in [6.45, 7) is 0. The molecular weight excluding hydrogens is 761 g/mol. The lowest BCUT2D eigenvalue weighted by molar-refractivity contribution is 0.376. The lowest BCUT2D eigenvalue weighted by Gasteiger charge is -2.22. The number of rotatable bonds is 8. The van der Waals surface area contributed by atoms with E-state index in [9.17, 15) is 34.1 Å². The number of methoxy groups -OCH3 is 1. The van der Waals surface area contributed by atoms with Crippen molar-refractivity contribution in [1.82, 2.24) is 0 Å². The number of hydrogen-bond acceptors (Lipinski definition) is 14. The molecule has 0 aliphatic rings. The number of fused-ring (bicyclic) bond motifs is 3. The maximum atomic E-state index is 10.4. The summed E-state index contributed by atoms with van der Waals surface area (Å²) in [6.07, 6.45) is 0. The van der Waals surface area contributed by atoms with Crippen LogP contribution in [0, 0.1) is 0 Å². The van der Waals surface area contributed by atoms with Crippen LogP contribution in [0.4, 0.5) is 34.1 Å². The molecule has 8 aromatic carbocycles. The monoisotopic (exact) mass is 794 g/mol. The highest BCUT2D eigenvalue weighted by molar-refractivity contribution is 8.19. The van der Waals surface area contributed by atoms with Crippen molar-refractivity contribution in [3.05, 3.63) is 146 Å². The Morgan fingerprint density at radius 2 is 0.897 bits per heavy atom. The number of hydrogen-bond donors (Lipinski definition) is 7. The lowest BCUT2D eigenvalue weighted by atomic mass is 10.1. The van der Waals surface area contributed by atoms with Crippen molar-refractivity contribution >= 4 is 77.3 Å². The second-order valence-electron chi connectivity index (χ2n) is 12.6. The van der Waals surface area contributed by atoms with Crippen molar-refractivity contribution in [2.45, 2.75) is 4.90 Å². The van der Waals surface area contributed by atoms with E-state index in [1.807, 2.05) is 54.6 Å². The molecule has 0 unspecified atom stereocenters. The molecule has 7 N–H and O–H groups in total. The summed E-state index contributed by atoms with van der Waals surface area (Å²) < 4.78 is 34.2. The van der Waals surface area contributed by atoms with Gasteiger partial charge in [-0.05, 0) is 53.2 Å². The molecule has 0 radical (unpaired) electrons. The number of aromatic hydroxyl groups is 4. The van der Waals surface area contributed by atoms with Gasteiger partial charge < -0.3 is 38.8 Å². The van der Waals surface area contributed by atoms with Gasteiger partial charge in [-0.3, -0.25) is 0 Å². The Balaban J connectivity index is 0.000000177. The summed E-state index contributed by atoms with van der Waals surface area (Å²) in [4.78, 5) is -0.201. The Bertz CT molecular complexity index is 2900. The summed E-state index contributed by atoms with van der Waals surface area (Å²) in [5, 5.41) is 69.8. The summed E-state index contributed by atoms with van der Waals surface area (Å²) in [5.41, 5.74) is 1.92. The van der Waals surface area contributed by atoms with Crippen molar-refractivity contribution < 1.29 is 38.8 Å². The molecule has 0 aliphatic carbocycles. The number of benzene rings is 8. The minimum atomic E-state index is -4.04. The van der Waals surface area contributed by atoms with E-state index in [2.05, 4.69) is 30.7 Å². The Hall–Kier alpha value is -7.43. The predicted molar refractivity (Wildman–Crippen MR) is 224 cm³/mol. The maximum absolute atomic E-state index is 10.4. The van der Waals surface area contributed by atoms with E-state index in [0.29, 0.717) is 39.0 Å². The molecule has 0 heterocycles. The van der Waals surface area contributed by atoms with E-state index >= 15 is 0 Å². The van der Waals surface area contributed by atoms with Crippen LogP contribution in [0.2, 0.25) is 0 Å². The first-order chi connectivity index (χ1) is 28.0. The van der Waals surface area contributed by atoms with Gasteiger partial charge in [0.25, 0.3) is 0 Å². The molecule has 0 saturated heterocycles. The van der Waals surface area contributed by atoms with Crippen LogP contribution in [-0.2, 0) is 0 Å². The van der Waals surface area contributed by atoms with E-state index < -0.39 is 10.9 Å². The van der Waals surface area contributed by atoms with Crippen LogP contribution in [0.5, 0.6) is 28.7 Å². The smallest absolute Gasteiger partial charge is 0.146 e. The van der Waals surface area contributed by atoms with Gasteiger partial charge in [0.1, 0.15) is 68.1 Å². The highest BCUT2D eigenvalue weighted by atomic mass is 32.3. The zero-order valence-corrected chi connectivity index (χ0v) is 31.3. The third kappa shape index (κ3) is 8.37. The Labute approximate surface area is 332 Å². The number of para-hydroxylation sites is 1. The van der Waals surface area contributed by atoms with Crippen LogP contribution < -0.4 is 4.74 Å². The average molecular weight is 795 g/mol. The molecule has 0 spiro atoms. The summed E-state index contributed by atoms with van der Waals surface area (Å²) in [5.74, 6) is 0.101. The second kappa shape index (κ2) is 16.7. The van der Waals surface area contributed by atoms with Gasteiger partial charge in [-0.15, -0.1) is 25.6 Å². The molecule has 8 aromatic rings. The van der Waals surface area contributed by atoms with E-state index in [-0.39, 0.29) is 45.0 Å². The van der Waals surface area contributed by atoms with E-state index in [1.165, 1.54) is 12.1 Å². The fraction of sp³-hybridized carbons (Fsp3) is 0.0233. The molecular formula is C43H34N6O8S. The van der Waals surface area contributed by atoms with E-state index in [0.717, 1.165) is 22.2 Å². The third-order valence-electron chi connectivity index (χ3n) is 8.84. The first-order valence-corrected chi connectivity index (χ1v) is 18.9. The largest absolute Gasteiger partial charge is 0.506 e. The Kier molecular flexibility index (Phi) is 11.2. The molecule has 0 amide bonds. The van der Waals surface area contributed by atoms with Crippen LogP contribution in [0.25, 0.3) is 32.3 Å². The molecule has 0 fully saturated rings. The Morgan fingerprint density at radius 1 is 0.414 bits per heavy atom. The van der Waals surface area contributed by atoms with Gasteiger partial charge >= 0.3 is 0 Å². The quantitative estimate of drug-likeness (QED) is 0.0730. The summed E-state index contributed by atoms with van der Waals surface area (Å²) in [7, 11) is -2.48. The van der Waals surface area contributed by atoms with Gasteiger partial charge in [0, 0.05) is 27.6 Å². The number of phenolic OH excluding ortho intramolecular Hbond substituents is 4. The van der Waals surface area contributed by atoms with Crippen LogP contribution in [0.15, 0.2) is 181 Å². The van der Waals surface area contributed by atoms with Gasteiger partial charge in [-0.1, -0.05) is 97.1 Å². The molecule has 0 saturated carbocycles. The third-order valence-corrected chi connectivity index (χ3v) is 9.76. The molecule has 15 heteroatoms. The zero-order chi connectivity index (χ0) is 40.8. The molecule has 58 heavy (non-hydrogen) atoms. The van der Waals surface area contributed by atoms with Crippen molar-refractivity contribution in [3.8, 4) is 28.7 Å². The fourth-order valence-corrected chi connectivity index (χ4v) is 6.77. The molecule has 0 aliphatic heterocycles. The topological polar surface area (TPSA) is 225 Å². The predicted octanol–water partition coefficient (Wildman–Crippen LogP) is 13.5. The van der Waals surface area contributed by atoms with Crippen LogP contribution >= 0.6 is 10.9 Å². The molecule has 0 atom stereocenters. The number of azo groups is 3. The normalized spacial score (nSPS) is 12.1. The van der Waals surface area contributed by atoms with Crippen LogP contribution in [0.3, 0.4) is 0 Å². The van der Waals surface area contributed by atoms with Gasteiger partial charge in [0.15, 0.2) is 0 Å². The van der Waals surface area contributed by atoms with E-state index in [4.69, 9.17) is 4.74 Å². The molecule has 0 bridgehead atoms. The highest BCUT2D eigenvalue weighted by Gasteiger charge is 2.23. The van der Waals surface area contributed by atoms with Crippen LogP contribution in [-0.4, -0.2) is 41.2 Å². The van der Waals surface area contributed by atoms with E-state index in [1.54, 1.807) is 79.9 Å². The first-order valence-electron chi connectivity index (χ1n) is 17.4. The lowest BCUT2D eigenvalue weighted by Crippen LogP contribution is -1.97. The van der Waals surface area contributed by atoms with Gasteiger partial charge in [0.05, 0.1) is 17.7 Å². The zero-order valence-electron chi connectivity index (χ0n) is 30.5. The van der Waals surface area contributed by atoms with Crippen LogP contribution in [0.1, 0.15) is 0 Å². The van der Waals surface area contributed by atoms with Crippen molar-refractivity contribution in [3.63, 3.8) is 0 Å². The maximum Gasteiger partial charge on any atom is 0.146 e. The average Bonchev–Trinajstić information content (AvgIpc) is 3.23. The fourth-order valence-electron chi connectivity index (χ4n) is 6.02. The first kappa shape index (κ1) is 38.8. The number of nitrogens with zero attached hydrogens (tertiary/aromatic N) is 6. The Morgan fingerprint density at radius 3 is 1.50 bits per heavy atom. The van der Waals surface area contributed by atoms with Crippen molar-refractivity contribution in [2.75, 3.05) is 7.11 Å². The number of phenols is 4. The molecule has 14 nitrogen and oxygen atoms in total. The summed E-state index contributed by atoms with van der Waals surface area (Å²) >= 11 is 0. The molecule has 290 valence electrons. The van der Waals surface area contributed by atoms with Crippen molar-refractivity contribution in [2.24, 2.45) is 30.7 Å². The SMILES string of the molecule is COc1ccccc1N=Nc1ccc(O)c(N=Nc2c(O)ccc3ccccc23)c1.Oc1ccc2ccccc2c1N=Nc1c(O)cc(S(O)(O)O)c2ccccc12. The van der Waals surface area contributed by atoms with Gasteiger partial charge in [-0.25, -0.2) is 0 Å². The minimum absolute atomic E-state index is 0.00366. The summed E-state index contributed by atoms with van der Waals surface area (Å²) in [6, 6.07) is 41.0. The highest BCUT2D eigenvalue weighted by Crippen LogP contribution is 2.52. The molecule has 0 aromatic heterocycles. The van der Waals surface area contributed by atoms with Crippen molar-refractivity contribution in [1.29, 1.82) is 0 Å². The second-order valence-corrected chi connectivity index (χ2v) is 14.0. The molecule has 8 rings (SSSR count). The number of ether oxygens (including phenoxy) is 1.